The molecule has 2 N–H and O–H groups in total. The van der Waals surface area contributed by atoms with Crippen molar-refractivity contribution in [1.29, 1.82) is 0 Å². The van der Waals surface area contributed by atoms with Gasteiger partial charge in [0.2, 0.25) is 0 Å². The second-order valence-corrected chi connectivity index (χ2v) is 7.42. The number of nitrogens with one attached hydrogen (secondary N) is 2. The van der Waals surface area contributed by atoms with E-state index < -0.39 is 0 Å². The summed E-state index contributed by atoms with van der Waals surface area (Å²) in [5, 5.41) is 10.0. The fourth-order valence-corrected chi connectivity index (χ4v) is 3.90. The highest BCUT2D eigenvalue weighted by Crippen LogP contribution is 2.27. The minimum Gasteiger partial charge on any atom is -0.374 e. The molecule has 24 heavy (non-hydrogen) atoms. The van der Waals surface area contributed by atoms with Crippen molar-refractivity contribution in [3.05, 3.63) is 45.2 Å². The Labute approximate surface area is 151 Å². The van der Waals surface area contributed by atoms with Crippen LogP contribution in [-0.4, -0.2) is 29.7 Å². The zero-order valence-electron chi connectivity index (χ0n) is 14.3. The minimum absolute atomic E-state index is 0.167. The summed E-state index contributed by atoms with van der Waals surface area (Å²) in [7, 11) is 2.13. The van der Waals surface area contributed by atoms with Crippen LogP contribution in [0.15, 0.2) is 22.7 Å². The highest BCUT2D eigenvalue weighted by Gasteiger charge is 2.19. The van der Waals surface area contributed by atoms with Crippen LogP contribution in [0.1, 0.15) is 53.5 Å². The first-order chi connectivity index (χ1) is 11.5. The molecule has 5 nitrogen and oxygen atoms in total. The topological polar surface area (TPSA) is 61.0 Å². The predicted octanol–water partition coefficient (Wildman–Crippen LogP) is 3.61. The summed E-state index contributed by atoms with van der Waals surface area (Å²) >= 11 is 3.47. The van der Waals surface area contributed by atoms with Crippen molar-refractivity contribution >= 4 is 27.5 Å². The van der Waals surface area contributed by atoms with E-state index >= 15 is 0 Å². The van der Waals surface area contributed by atoms with E-state index in [2.05, 4.69) is 75.4 Å². The number of hydrogen-bond acceptors (Lipinski definition) is 3. The van der Waals surface area contributed by atoms with Gasteiger partial charge < -0.3 is 10.2 Å². The molecule has 1 aliphatic heterocycles. The van der Waals surface area contributed by atoms with E-state index in [9.17, 15) is 4.79 Å². The van der Waals surface area contributed by atoms with Crippen LogP contribution >= 0.6 is 15.9 Å². The van der Waals surface area contributed by atoms with Crippen LogP contribution in [0.25, 0.3) is 0 Å². The molecule has 128 valence electrons. The lowest BCUT2D eigenvalue weighted by Gasteiger charge is -2.27. The third kappa shape index (κ3) is 3.34. The number of aromatic amines is 1. The standard InChI is InChI=1S/C18H23BrN4O/c1-11(2)16-15(19)17(22-21-16)18(24)20-10-12-6-7-14-13(9-12)5-4-8-23(14)3/h6-7,9,11H,4-5,8,10H2,1-3H3,(H,20,24)(H,21,22). The quantitative estimate of drug-likeness (QED) is 0.837. The first kappa shape index (κ1) is 17.0. The van der Waals surface area contributed by atoms with E-state index in [1.54, 1.807) is 0 Å². The Morgan fingerprint density at radius 1 is 1.46 bits per heavy atom. The summed E-state index contributed by atoms with van der Waals surface area (Å²) in [6.45, 7) is 5.73. The number of H-pyrrole nitrogens is 1. The lowest BCUT2D eigenvalue weighted by atomic mass is 9.99. The molecule has 1 amide bonds. The molecule has 0 atom stereocenters. The van der Waals surface area contributed by atoms with Gasteiger partial charge in [-0.1, -0.05) is 26.0 Å². The lowest BCUT2D eigenvalue weighted by molar-refractivity contribution is 0.0945. The van der Waals surface area contributed by atoms with Gasteiger partial charge in [-0.2, -0.15) is 5.10 Å². The van der Waals surface area contributed by atoms with Crippen molar-refractivity contribution in [3.8, 4) is 0 Å². The molecule has 0 saturated heterocycles. The Balaban J connectivity index is 1.69. The van der Waals surface area contributed by atoms with E-state index in [0.717, 1.165) is 28.7 Å². The summed E-state index contributed by atoms with van der Waals surface area (Å²) in [6, 6.07) is 6.43. The van der Waals surface area contributed by atoms with E-state index in [0.29, 0.717) is 12.2 Å². The monoisotopic (exact) mass is 390 g/mol. The largest absolute Gasteiger partial charge is 0.374 e. The van der Waals surface area contributed by atoms with Crippen LogP contribution in [0.2, 0.25) is 0 Å². The first-order valence-corrected chi connectivity index (χ1v) is 9.11. The Kier molecular flexibility index (Phi) is 4.94. The summed E-state index contributed by atoms with van der Waals surface area (Å²) in [6.07, 6.45) is 2.28. The maximum atomic E-state index is 12.4. The lowest BCUT2D eigenvalue weighted by Crippen LogP contribution is -2.26. The molecule has 6 heteroatoms. The number of aromatic nitrogens is 2. The van der Waals surface area contributed by atoms with Crippen LogP contribution in [0.4, 0.5) is 5.69 Å². The summed E-state index contributed by atoms with van der Waals surface area (Å²) in [5.74, 6) is 0.117. The molecule has 0 aliphatic carbocycles. The normalized spacial score (nSPS) is 14.0. The number of fused-ring (bicyclic) bond motifs is 1. The van der Waals surface area contributed by atoms with Gasteiger partial charge in [-0.05, 0) is 51.9 Å². The Morgan fingerprint density at radius 2 is 2.25 bits per heavy atom. The molecule has 2 heterocycles. The Hall–Kier alpha value is -1.82. The smallest absolute Gasteiger partial charge is 0.273 e. The zero-order valence-corrected chi connectivity index (χ0v) is 15.9. The molecule has 1 aliphatic rings. The van der Waals surface area contributed by atoms with Crippen molar-refractivity contribution in [3.63, 3.8) is 0 Å². The molecule has 0 spiro atoms. The molecule has 0 fully saturated rings. The zero-order chi connectivity index (χ0) is 17.3. The summed E-state index contributed by atoms with van der Waals surface area (Å²) in [4.78, 5) is 14.7. The van der Waals surface area contributed by atoms with E-state index in [-0.39, 0.29) is 11.8 Å². The highest BCUT2D eigenvalue weighted by molar-refractivity contribution is 9.10. The van der Waals surface area contributed by atoms with E-state index in [1.165, 1.54) is 17.7 Å². The van der Waals surface area contributed by atoms with Crippen LogP contribution in [-0.2, 0) is 13.0 Å². The maximum Gasteiger partial charge on any atom is 0.273 e. The average molecular weight is 391 g/mol. The molecule has 0 saturated carbocycles. The molecule has 0 unspecified atom stereocenters. The summed E-state index contributed by atoms with van der Waals surface area (Å²) in [5.41, 5.74) is 5.13. The van der Waals surface area contributed by atoms with Crippen molar-refractivity contribution in [2.45, 2.75) is 39.2 Å². The van der Waals surface area contributed by atoms with Gasteiger partial charge in [0.1, 0.15) is 0 Å². The number of carbonyl (C=O) groups is 1. The molecule has 1 aromatic carbocycles. The molecule has 1 aromatic heterocycles. The number of benzene rings is 1. The maximum absolute atomic E-state index is 12.4. The predicted molar refractivity (Wildman–Crippen MR) is 99.6 cm³/mol. The van der Waals surface area contributed by atoms with Crippen molar-refractivity contribution in [2.24, 2.45) is 0 Å². The molecule has 2 aromatic rings. The van der Waals surface area contributed by atoms with Gasteiger partial charge >= 0.3 is 0 Å². The molecule has 0 bridgehead atoms. The van der Waals surface area contributed by atoms with Gasteiger partial charge in [0.15, 0.2) is 5.69 Å². The van der Waals surface area contributed by atoms with Gasteiger partial charge in [-0.15, -0.1) is 0 Å². The highest BCUT2D eigenvalue weighted by atomic mass is 79.9. The minimum atomic E-state index is -0.167. The number of hydrogen-bond donors (Lipinski definition) is 2. The average Bonchev–Trinajstić information content (AvgIpc) is 2.94. The van der Waals surface area contributed by atoms with Crippen molar-refractivity contribution in [2.75, 3.05) is 18.5 Å². The van der Waals surface area contributed by atoms with Crippen molar-refractivity contribution in [1.82, 2.24) is 15.5 Å². The third-order valence-electron chi connectivity index (χ3n) is 4.47. The molecule has 0 radical (unpaired) electrons. The van der Waals surface area contributed by atoms with Gasteiger partial charge in [0.25, 0.3) is 5.91 Å². The first-order valence-electron chi connectivity index (χ1n) is 8.32. The summed E-state index contributed by atoms with van der Waals surface area (Å²) < 4.78 is 0.752. The van der Waals surface area contributed by atoms with Crippen LogP contribution < -0.4 is 10.2 Å². The Morgan fingerprint density at radius 3 is 2.96 bits per heavy atom. The van der Waals surface area contributed by atoms with Crippen LogP contribution in [0.5, 0.6) is 0 Å². The van der Waals surface area contributed by atoms with E-state index in [1.807, 2.05) is 0 Å². The van der Waals surface area contributed by atoms with Gasteiger partial charge in [-0.25, -0.2) is 0 Å². The van der Waals surface area contributed by atoms with Gasteiger partial charge in [0.05, 0.1) is 10.2 Å². The van der Waals surface area contributed by atoms with Gasteiger partial charge in [-0.3, -0.25) is 9.89 Å². The van der Waals surface area contributed by atoms with Gasteiger partial charge in [0, 0.05) is 25.8 Å². The number of rotatable bonds is 4. The Bertz CT molecular complexity index is 753. The SMILES string of the molecule is CC(C)c1[nH]nc(C(=O)NCc2ccc3c(c2)CCCN3C)c1Br. The van der Waals surface area contributed by atoms with Crippen molar-refractivity contribution < 1.29 is 4.79 Å². The van der Waals surface area contributed by atoms with E-state index in [4.69, 9.17) is 0 Å². The van der Waals surface area contributed by atoms with Crippen LogP contribution in [0, 0.1) is 0 Å². The number of aryl methyl sites for hydroxylation is 1. The molecule has 3 rings (SSSR count). The number of nitrogens with zero attached hydrogens (tertiary/aromatic N) is 2. The number of anilines is 1. The third-order valence-corrected chi connectivity index (χ3v) is 5.28. The molecular formula is C18H23BrN4O. The number of carbonyl (C=O) groups excluding carboxylic acids is 1. The second kappa shape index (κ2) is 6.97. The number of amides is 1. The number of halogens is 1. The fourth-order valence-electron chi connectivity index (χ4n) is 3.09. The van der Waals surface area contributed by atoms with Crippen LogP contribution in [0.3, 0.4) is 0 Å². The molecular weight excluding hydrogens is 368 g/mol. The fraction of sp³-hybridized carbons (Fsp3) is 0.444. The second-order valence-electron chi connectivity index (χ2n) is 6.63.